The topological polar surface area (TPSA) is 117 Å². The molecule has 1 saturated heterocycles. The molecular formula is C20H28NO8P. The summed E-state index contributed by atoms with van der Waals surface area (Å²) in [5.41, 5.74) is 0.102. The van der Waals surface area contributed by atoms with E-state index in [1.165, 1.54) is 7.11 Å². The highest BCUT2D eigenvalue weighted by atomic mass is 31.2. The highest BCUT2D eigenvalue weighted by Crippen LogP contribution is 2.56. The molecule has 0 spiro atoms. The van der Waals surface area contributed by atoms with Crippen molar-refractivity contribution < 1.29 is 37.5 Å². The van der Waals surface area contributed by atoms with Crippen LogP contribution in [0.4, 0.5) is 0 Å². The third-order valence-corrected chi connectivity index (χ3v) is 6.36. The van der Waals surface area contributed by atoms with Crippen molar-refractivity contribution in [3.63, 3.8) is 0 Å². The molecule has 1 aromatic carbocycles. The molecule has 1 heterocycles. The Morgan fingerprint density at radius 2 is 1.87 bits per heavy atom. The van der Waals surface area contributed by atoms with Crippen molar-refractivity contribution in [1.29, 1.82) is 0 Å². The second-order valence-corrected chi connectivity index (χ2v) is 9.73. The van der Waals surface area contributed by atoms with Gasteiger partial charge >= 0.3 is 19.5 Å². The van der Waals surface area contributed by atoms with Crippen LogP contribution in [0.1, 0.15) is 32.3 Å². The predicted octanol–water partition coefficient (Wildman–Crippen LogP) is 2.43. The summed E-state index contributed by atoms with van der Waals surface area (Å²) in [5, 5.41) is 2.58. The van der Waals surface area contributed by atoms with Gasteiger partial charge in [0.15, 0.2) is 6.10 Å². The first-order valence-electron chi connectivity index (χ1n) is 9.61. The number of rotatable bonds is 9. The number of hydrogen-bond acceptors (Lipinski definition) is 8. The second kappa shape index (κ2) is 10.7. The highest BCUT2D eigenvalue weighted by molar-refractivity contribution is 7.54. The van der Waals surface area contributed by atoms with Crippen LogP contribution in [0.3, 0.4) is 0 Å². The standard InChI is InChI=1S/C20H28NO8P/c1-20(2)14-28-30(25,29-18(20)19(24)21-11-9-16(22)26-3)12-10-17(23)27-13-15-7-5-4-6-8-15/h4-8,18H,9-14H2,1-3H3,(H,21,24)/t18-,30?/m0/s1. The van der Waals surface area contributed by atoms with Gasteiger partial charge in [-0.15, -0.1) is 0 Å². The molecule has 0 aliphatic carbocycles. The lowest BCUT2D eigenvalue weighted by Crippen LogP contribution is -2.50. The quantitative estimate of drug-likeness (QED) is 0.459. The van der Waals surface area contributed by atoms with Crippen LogP contribution in [0.5, 0.6) is 0 Å². The second-order valence-electron chi connectivity index (χ2n) is 7.60. The zero-order chi connectivity index (χ0) is 22.2. The number of methoxy groups -OCH3 is 1. The highest BCUT2D eigenvalue weighted by Gasteiger charge is 2.47. The summed E-state index contributed by atoms with van der Waals surface area (Å²) in [5.74, 6) is -1.49. The first-order chi connectivity index (χ1) is 14.1. The van der Waals surface area contributed by atoms with Gasteiger partial charge in [0.2, 0.25) is 5.91 Å². The molecule has 1 N–H and O–H groups in total. The SMILES string of the molecule is COC(=O)CCNC(=O)[C@@H]1OP(=O)(CCC(=O)OCc2ccccc2)OCC1(C)C. The van der Waals surface area contributed by atoms with E-state index in [-0.39, 0.29) is 38.8 Å². The van der Waals surface area contributed by atoms with Crippen molar-refractivity contribution in [2.45, 2.75) is 39.4 Å². The fraction of sp³-hybridized carbons (Fsp3) is 0.550. The molecule has 0 aromatic heterocycles. The Hall–Kier alpha value is -2.22. The number of carbonyl (C=O) groups is 3. The van der Waals surface area contributed by atoms with E-state index < -0.39 is 37.0 Å². The Bertz CT molecular complexity index is 795. The van der Waals surface area contributed by atoms with Crippen molar-refractivity contribution in [1.82, 2.24) is 5.32 Å². The fourth-order valence-electron chi connectivity index (χ4n) is 2.72. The van der Waals surface area contributed by atoms with Gasteiger partial charge in [0.05, 0.1) is 32.7 Å². The van der Waals surface area contributed by atoms with Crippen LogP contribution in [0.25, 0.3) is 0 Å². The van der Waals surface area contributed by atoms with E-state index in [1.807, 2.05) is 30.3 Å². The van der Waals surface area contributed by atoms with Crippen molar-refractivity contribution in [2.24, 2.45) is 5.41 Å². The number of esters is 2. The van der Waals surface area contributed by atoms with Gasteiger partial charge in [-0.2, -0.15) is 0 Å². The molecule has 1 aliphatic rings. The molecule has 0 saturated carbocycles. The fourth-order valence-corrected chi connectivity index (χ4v) is 4.70. The molecule has 1 unspecified atom stereocenters. The Kier molecular flexibility index (Phi) is 8.58. The first kappa shape index (κ1) is 24.1. The minimum Gasteiger partial charge on any atom is -0.469 e. The molecule has 1 amide bonds. The third-order valence-electron chi connectivity index (χ3n) is 4.54. The summed E-state index contributed by atoms with van der Waals surface area (Å²) in [7, 11) is -2.40. The maximum absolute atomic E-state index is 12.9. The Morgan fingerprint density at radius 1 is 1.17 bits per heavy atom. The Morgan fingerprint density at radius 3 is 2.53 bits per heavy atom. The molecular weight excluding hydrogens is 413 g/mol. The molecule has 10 heteroatoms. The van der Waals surface area contributed by atoms with Crippen LogP contribution >= 0.6 is 7.60 Å². The van der Waals surface area contributed by atoms with Crippen LogP contribution in [-0.2, 0) is 44.1 Å². The van der Waals surface area contributed by atoms with Crippen molar-refractivity contribution in [3.05, 3.63) is 35.9 Å². The third kappa shape index (κ3) is 7.23. The van der Waals surface area contributed by atoms with Gasteiger partial charge in [-0.1, -0.05) is 44.2 Å². The number of carbonyl (C=O) groups excluding carboxylic acids is 3. The van der Waals surface area contributed by atoms with E-state index >= 15 is 0 Å². The van der Waals surface area contributed by atoms with Crippen molar-refractivity contribution in [2.75, 3.05) is 26.4 Å². The molecule has 1 aliphatic heterocycles. The van der Waals surface area contributed by atoms with Gasteiger partial charge < -0.3 is 19.3 Å². The van der Waals surface area contributed by atoms with E-state index in [2.05, 4.69) is 10.1 Å². The maximum atomic E-state index is 12.9. The van der Waals surface area contributed by atoms with E-state index in [1.54, 1.807) is 13.8 Å². The number of benzene rings is 1. The zero-order valence-corrected chi connectivity index (χ0v) is 18.3. The van der Waals surface area contributed by atoms with E-state index in [0.717, 1.165) is 5.56 Å². The van der Waals surface area contributed by atoms with Crippen LogP contribution in [0, 0.1) is 5.41 Å². The number of hydrogen-bond donors (Lipinski definition) is 1. The first-order valence-corrected chi connectivity index (χ1v) is 11.3. The maximum Gasteiger partial charge on any atom is 0.332 e. The monoisotopic (exact) mass is 441 g/mol. The summed E-state index contributed by atoms with van der Waals surface area (Å²) in [6.07, 6.45) is -1.39. The summed E-state index contributed by atoms with van der Waals surface area (Å²) < 4.78 is 33.6. The molecule has 0 bridgehead atoms. The molecule has 1 aromatic rings. The minimum atomic E-state index is -3.66. The predicted molar refractivity (Wildman–Crippen MR) is 108 cm³/mol. The smallest absolute Gasteiger partial charge is 0.332 e. The lowest BCUT2D eigenvalue weighted by Gasteiger charge is -2.40. The molecule has 2 rings (SSSR count). The summed E-state index contributed by atoms with van der Waals surface area (Å²) in [6, 6.07) is 9.19. The van der Waals surface area contributed by atoms with Crippen LogP contribution in [0.15, 0.2) is 30.3 Å². The normalized spacial score (nSPS) is 22.7. The number of amides is 1. The Balaban J connectivity index is 1.86. The number of ether oxygens (including phenoxy) is 2. The van der Waals surface area contributed by atoms with Gasteiger partial charge in [-0.3, -0.25) is 23.5 Å². The lowest BCUT2D eigenvalue weighted by atomic mass is 9.87. The summed E-state index contributed by atoms with van der Waals surface area (Å²) in [4.78, 5) is 35.7. The number of nitrogens with one attached hydrogen (secondary N) is 1. The van der Waals surface area contributed by atoms with Crippen LogP contribution < -0.4 is 5.32 Å². The molecule has 1 fully saturated rings. The van der Waals surface area contributed by atoms with E-state index in [9.17, 15) is 18.9 Å². The molecule has 30 heavy (non-hydrogen) atoms. The Labute approximate surface area is 175 Å². The average Bonchev–Trinajstić information content (AvgIpc) is 2.73. The van der Waals surface area contributed by atoms with Gasteiger partial charge in [0.25, 0.3) is 0 Å². The van der Waals surface area contributed by atoms with E-state index in [4.69, 9.17) is 13.8 Å². The van der Waals surface area contributed by atoms with E-state index in [0.29, 0.717) is 0 Å². The van der Waals surface area contributed by atoms with Crippen LogP contribution in [0.2, 0.25) is 0 Å². The van der Waals surface area contributed by atoms with Gasteiger partial charge in [-0.25, -0.2) is 0 Å². The summed E-state index contributed by atoms with van der Waals surface area (Å²) >= 11 is 0. The average molecular weight is 441 g/mol. The summed E-state index contributed by atoms with van der Waals surface area (Å²) in [6.45, 7) is 3.70. The van der Waals surface area contributed by atoms with Crippen molar-refractivity contribution >= 4 is 25.4 Å². The minimum absolute atomic E-state index is 0.0107. The molecule has 0 radical (unpaired) electrons. The van der Waals surface area contributed by atoms with Gasteiger partial charge in [0.1, 0.15) is 6.61 Å². The van der Waals surface area contributed by atoms with Crippen LogP contribution in [-0.4, -0.2) is 50.4 Å². The zero-order valence-electron chi connectivity index (χ0n) is 17.4. The van der Waals surface area contributed by atoms with Gasteiger partial charge in [0, 0.05) is 12.0 Å². The lowest BCUT2D eigenvalue weighted by molar-refractivity contribution is -0.144. The molecule has 9 nitrogen and oxygen atoms in total. The molecule has 166 valence electrons. The van der Waals surface area contributed by atoms with Gasteiger partial charge in [-0.05, 0) is 5.56 Å². The molecule has 2 atom stereocenters. The largest absolute Gasteiger partial charge is 0.469 e. The van der Waals surface area contributed by atoms with Crippen molar-refractivity contribution in [3.8, 4) is 0 Å².